The lowest BCUT2D eigenvalue weighted by molar-refractivity contribution is 0.627. The summed E-state index contributed by atoms with van der Waals surface area (Å²) < 4.78 is 13.2. The van der Waals surface area contributed by atoms with E-state index in [0.29, 0.717) is 5.15 Å². The van der Waals surface area contributed by atoms with Crippen LogP contribution in [0.4, 0.5) is 4.39 Å². The Morgan fingerprint density at radius 2 is 1.74 bits per heavy atom. The second kappa shape index (κ2) is 4.59. The van der Waals surface area contributed by atoms with E-state index >= 15 is 0 Å². The molecule has 0 unspecified atom stereocenters. The zero-order chi connectivity index (χ0) is 13.4. The summed E-state index contributed by atoms with van der Waals surface area (Å²) in [4.78, 5) is 0. The number of hydrogen-bond acceptors (Lipinski definition) is 2. The first-order valence-electron chi connectivity index (χ1n) is 5.84. The Balaban J connectivity index is 2.34. The molecule has 3 aromatic rings. The SMILES string of the molecule is Cc1cc(F)ccc1-c1nnc(Cl)c2ccccc12. The average molecular weight is 273 g/mol. The number of hydrogen-bond donors (Lipinski definition) is 0. The van der Waals surface area contributed by atoms with Crippen LogP contribution >= 0.6 is 11.6 Å². The molecule has 4 heteroatoms. The van der Waals surface area contributed by atoms with Gasteiger partial charge in [-0.3, -0.25) is 0 Å². The fourth-order valence-corrected chi connectivity index (χ4v) is 2.37. The van der Waals surface area contributed by atoms with Gasteiger partial charge in [-0.05, 0) is 30.7 Å². The summed E-state index contributed by atoms with van der Waals surface area (Å²) in [6, 6.07) is 12.3. The Morgan fingerprint density at radius 1 is 1.00 bits per heavy atom. The molecular weight excluding hydrogens is 263 g/mol. The molecular formula is C15H10ClFN2. The van der Waals surface area contributed by atoms with Crippen LogP contribution in [0.1, 0.15) is 5.56 Å². The Bertz CT molecular complexity index is 771. The highest BCUT2D eigenvalue weighted by molar-refractivity contribution is 6.34. The van der Waals surface area contributed by atoms with Crippen LogP contribution in [0.2, 0.25) is 5.15 Å². The lowest BCUT2D eigenvalue weighted by atomic mass is 10.0. The third kappa shape index (κ3) is 2.06. The molecule has 94 valence electrons. The smallest absolute Gasteiger partial charge is 0.159 e. The quantitative estimate of drug-likeness (QED) is 0.656. The predicted molar refractivity (Wildman–Crippen MR) is 74.7 cm³/mol. The number of halogens is 2. The van der Waals surface area contributed by atoms with Gasteiger partial charge in [-0.25, -0.2) is 4.39 Å². The molecule has 0 saturated heterocycles. The molecule has 2 nitrogen and oxygen atoms in total. The van der Waals surface area contributed by atoms with Crippen molar-refractivity contribution in [2.75, 3.05) is 0 Å². The molecule has 0 aliphatic carbocycles. The zero-order valence-electron chi connectivity index (χ0n) is 10.2. The van der Waals surface area contributed by atoms with Crippen LogP contribution in [0.5, 0.6) is 0 Å². The van der Waals surface area contributed by atoms with Crippen LogP contribution in [0, 0.1) is 12.7 Å². The Kier molecular flexibility index (Phi) is 2.91. The summed E-state index contributed by atoms with van der Waals surface area (Å²) in [5, 5.41) is 10.3. The van der Waals surface area contributed by atoms with Crippen molar-refractivity contribution in [1.29, 1.82) is 0 Å². The highest BCUT2D eigenvalue weighted by atomic mass is 35.5. The van der Waals surface area contributed by atoms with Crippen molar-refractivity contribution in [3.05, 3.63) is 59.0 Å². The summed E-state index contributed by atoms with van der Waals surface area (Å²) in [7, 11) is 0. The molecule has 0 N–H and O–H groups in total. The van der Waals surface area contributed by atoms with E-state index in [1.165, 1.54) is 12.1 Å². The van der Waals surface area contributed by atoms with Gasteiger partial charge in [-0.15, -0.1) is 10.2 Å². The van der Waals surface area contributed by atoms with Crippen molar-refractivity contribution in [2.45, 2.75) is 6.92 Å². The van der Waals surface area contributed by atoms with Crippen molar-refractivity contribution in [1.82, 2.24) is 10.2 Å². The molecule has 0 aliphatic heterocycles. The van der Waals surface area contributed by atoms with Gasteiger partial charge in [0.05, 0.1) is 0 Å². The summed E-state index contributed by atoms with van der Waals surface area (Å²) in [5.74, 6) is -0.257. The van der Waals surface area contributed by atoms with Crippen LogP contribution in [0.3, 0.4) is 0 Å². The molecule has 0 radical (unpaired) electrons. The van der Waals surface area contributed by atoms with Crippen LogP contribution in [-0.4, -0.2) is 10.2 Å². The van der Waals surface area contributed by atoms with Crippen LogP contribution in [-0.2, 0) is 0 Å². The third-order valence-electron chi connectivity index (χ3n) is 3.09. The summed E-state index contributed by atoms with van der Waals surface area (Å²) in [5.41, 5.74) is 2.40. The topological polar surface area (TPSA) is 25.8 Å². The van der Waals surface area contributed by atoms with Crippen molar-refractivity contribution >= 4 is 22.4 Å². The van der Waals surface area contributed by atoms with E-state index in [9.17, 15) is 4.39 Å². The highest BCUT2D eigenvalue weighted by Gasteiger charge is 2.11. The highest BCUT2D eigenvalue weighted by Crippen LogP contribution is 2.31. The van der Waals surface area contributed by atoms with E-state index < -0.39 is 0 Å². The van der Waals surface area contributed by atoms with Crippen molar-refractivity contribution in [3.8, 4) is 11.3 Å². The molecule has 0 atom stereocenters. The predicted octanol–water partition coefficient (Wildman–Crippen LogP) is 4.40. The zero-order valence-corrected chi connectivity index (χ0v) is 10.9. The number of rotatable bonds is 1. The van der Waals surface area contributed by atoms with Gasteiger partial charge in [0, 0.05) is 16.3 Å². The monoisotopic (exact) mass is 272 g/mol. The van der Waals surface area contributed by atoms with E-state index in [0.717, 1.165) is 27.6 Å². The Labute approximate surface area is 114 Å². The average Bonchev–Trinajstić information content (AvgIpc) is 2.41. The molecule has 0 aliphatic rings. The van der Waals surface area contributed by atoms with Crippen molar-refractivity contribution < 1.29 is 4.39 Å². The molecule has 3 rings (SSSR count). The van der Waals surface area contributed by atoms with Gasteiger partial charge in [-0.1, -0.05) is 35.9 Å². The van der Waals surface area contributed by atoms with Crippen molar-refractivity contribution in [2.24, 2.45) is 0 Å². The minimum atomic E-state index is -0.257. The summed E-state index contributed by atoms with van der Waals surface area (Å²) >= 11 is 6.05. The van der Waals surface area contributed by atoms with Crippen LogP contribution in [0.25, 0.3) is 22.0 Å². The maximum absolute atomic E-state index is 13.2. The number of nitrogens with zero attached hydrogens (tertiary/aromatic N) is 2. The molecule has 0 saturated carbocycles. The normalized spacial score (nSPS) is 10.9. The van der Waals surface area contributed by atoms with Gasteiger partial charge in [0.25, 0.3) is 0 Å². The Hall–Kier alpha value is -2.00. The molecule has 2 aromatic carbocycles. The van der Waals surface area contributed by atoms with Crippen molar-refractivity contribution in [3.63, 3.8) is 0 Å². The lowest BCUT2D eigenvalue weighted by Gasteiger charge is -2.08. The van der Waals surface area contributed by atoms with Crippen LogP contribution in [0.15, 0.2) is 42.5 Å². The van der Waals surface area contributed by atoms with Gasteiger partial charge >= 0.3 is 0 Å². The molecule has 0 bridgehead atoms. The maximum atomic E-state index is 13.2. The molecule has 0 amide bonds. The number of aromatic nitrogens is 2. The van der Waals surface area contributed by atoms with E-state index in [4.69, 9.17) is 11.6 Å². The molecule has 0 fully saturated rings. The third-order valence-corrected chi connectivity index (χ3v) is 3.36. The van der Waals surface area contributed by atoms with Gasteiger partial charge in [0.15, 0.2) is 5.15 Å². The fraction of sp³-hybridized carbons (Fsp3) is 0.0667. The fourth-order valence-electron chi connectivity index (χ4n) is 2.16. The lowest BCUT2D eigenvalue weighted by Crippen LogP contribution is -1.94. The first-order chi connectivity index (χ1) is 9.16. The summed E-state index contributed by atoms with van der Waals surface area (Å²) in [6.45, 7) is 1.85. The minimum Gasteiger partial charge on any atom is -0.207 e. The van der Waals surface area contributed by atoms with E-state index in [2.05, 4.69) is 10.2 Å². The standard InChI is InChI=1S/C15H10ClFN2/c1-9-8-10(17)6-7-11(9)14-12-4-2-3-5-13(12)15(16)19-18-14/h2-8H,1H3. The molecule has 1 heterocycles. The van der Waals surface area contributed by atoms with Gasteiger partial charge in [0.2, 0.25) is 0 Å². The minimum absolute atomic E-state index is 0.257. The molecule has 1 aromatic heterocycles. The number of fused-ring (bicyclic) bond motifs is 1. The summed E-state index contributed by atoms with van der Waals surface area (Å²) in [6.07, 6.45) is 0. The second-order valence-corrected chi connectivity index (χ2v) is 4.70. The maximum Gasteiger partial charge on any atom is 0.159 e. The Morgan fingerprint density at radius 3 is 2.47 bits per heavy atom. The van der Waals surface area contributed by atoms with Gasteiger partial charge in [0.1, 0.15) is 11.5 Å². The number of benzene rings is 2. The first-order valence-corrected chi connectivity index (χ1v) is 6.22. The van der Waals surface area contributed by atoms with E-state index in [1.807, 2.05) is 31.2 Å². The van der Waals surface area contributed by atoms with E-state index in [1.54, 1.807) is 6.07 Å². The van der Waals surface area contributed by atoms with Crippen LogP contribution < -0.4 is 0 Å². The van der Waals surface area contributed by atoms with E-state index in [-0.39, 0.29) is 5.82 Å². The first kappa shape index (κ1) is 12.1. The second-order valence-electron chi connectivity index (χ2n) is 4.34. The number of aryl methyl sites for hydroxylation is 1. The largest absolute Gasteiger partial charge is 0.207 e. The molecule has 0 spiro atoms. The van der Waals surface area contributed by atoms with Gasteiger partial charge < -0.3 is 0 Å². The molecule has 19 heavy (non-hydrogen) atoms. The van der Waals surface area contributed by atoms with Gasteiger partial charge in [-0.2, -0.15) is 0 Å².